The van der Waals surface area contributed by atoms with Crippen LogP contribution in [-0.4, -0.2) is 78.6 Å². The molecule has 1 atom stereocenters. The molecule has 110 valence electrons. The van der Waals surface area contributed by atoms with Crippen molar-refractivity contribution in [3.05, 3.63) is 0 Å². The number of hydrogen-bond donors (Lipinski definition) is 1. The first-order chi connectivity index (χ1) is 8.73. The Kier molecular flexibility index (Phi) is 5.48. The van der Waals surface area contributed by atoms with Crippen LogP contribution in [0.3, 0.4) is 0 Å². The lowest BCUT2D eigenvalue weighted by molar-refractivity contribution is -0.137. The lowest BCUT2D eigenvalue weighted by Gasteiger charge is -2.36. The molecule has 0 bridgehead atoms. The van der Waals surface area contributed by atoms with Crippen LogP contribution < -0.4 is 0 Å². The quantitative estimate of drug-likeness (QED) is 0.781. The largest absolute Gasteiger partial charge is 0.481 e. The Balaban J connectivity index is 2.74. The maximum absolute atomic E-state index is 12.2. The molecule has 1 fully saturated rings. The molecule has 0 aromatic rings. The zero-order valence-corrected chi connectivity index (χ0v) is 12.5. The van der Waals surface area contributed by atoms with Crippen molar-refractivity contribution in [2.75, 3.05) is 37.9 Å². The molecule has 1 N–H and O–H groups in total. The molecular weight excluding hydrogens is 292 g/mol. The Morgan fingerprint density at radius 3 is 2.63 bits per heavy atom. The van der Waals surface area contributed by atoms with Gasteiger partial charge >= 0.3 is 12.0 Å². The number of rotatable bonds is 4. The predicted molar refractivity (Wildman–Crippen MR) is 72.9 cm³/mol. The average molecular weight is 310 g/mol. The van der Waals surface area contributed by atoms with Crippen molar-refractivity contribution in [1.29, 1.82) is 0 Å². The summed E-state index contributed by atoms with van der Waals surface area (Å²) in [6.07, 6.45) is 0.954. The van der Waals surface area contributed by atoms with E-state index in [0.29, 0.717) is 18.1 Å². The summed E-state index contributed by atoms with van der Waals surface area (Å²) in [6.45, 7) is 0.424. The first kappa shape index (κ1) is 16.1. The fraction of sp³-hybridized carbons (Fsp3) is 0.800. The highest BCUT2D eigenvalue weighted by Gasteiger charge is 2.35. The van der Waals surface area contributed by atoms with E-state index in [-0.39, 0.29) is 13.0 Å². The minimum atomic E-state index is -3.34. The highest BCUT2D eigenvalue weighted by molar-refractivity contribution is 8.00. The molecule has 0 aromatic heterocycles. The van der Waals surface area contributed by atoms with Gasteiger partial charge < -0.3 is 14.9 Å². The van der Waals surface area contributed by atoms with Crippen LogP contribution in [0, 0.1) is 0 Å². The van der Waals surface area contributed by atoms with Crippen LogP contribution in [0.15, 0.2) is 0 Å². The molecule has 0 spiro atoms. The molecule has 1 rings (SSSR count). The van der Waals surface area contributed by atoms with Crippen molar-refractivity contribution >= 4 is 33.6 Å². The normalized spacial score (nSPS) is 20.1. The molecular formula is C10H18N2O5S2. The van der Waals surface area contributed by atoms with Crippen LogP contribution in [0.4, 0.5) is 4.79 Å². The number of nitrogens with zero attached hydrogens (tertiary/aromatic N) is 2. The number of carboxylic acid groups (broad SMARTS) is 1. The van der Waals surface area contributed by atoms with Gasteiger partial charge in [0.25, 0.3) is 0 Å². The van der Waals surface area contributed by atoms with Gasteiger partial charge in [0.05, 0.1) is 6.42 Å². The second kappa shape index (κ2) is 6.47. The zero-order chi connectivity index (χ0) is 14.6. The van der Waals surface area contributed by atoms with Gasteiger partial charge in [-0.1, -0.05) is 0 Å². The second-order valence-corrected chi connectivity index (χ2v) is 7.75. The maximum atomic E-state index is 12.2. The van der Waals surface area contributed by atoms with E-state index in [1.54, 1.807) is 0 Å². The van der Waals surface area contributed by atoms with Gasteiger partial charge in [-0.25, -0.2) is 13.2 Å². The molecule has 7 nitrogen and oxygen atoms in total. The van der Waals surface area contributed by atoms with Crippen LogP contribution in [-0.2, 0) is 14.6 Å². The molecule has 9 heteroatoms. The van der Waals surface area contributed by atoms with Crippen LogP contribution >= 0.6 is 11.8 Å². The third kappa shape index (κ3) is 4.57. The Bertz CT molecular complexity index is 451. The van der Waals surface area contributed by atoms with E-state index in [1.165, 1.54) is 28.6 Å². The number of sulfone groups is 1. The van der Waals surface area contributed by atoms with Crippen LogP contribution in [0.25, 0.3) is 0 Å². The Morgan fingerprint density at radius 1 is 1.47 bits per heavy atom. The standard InChI is InChI=1S/C10H18N2O5S2/c1-11(4-3-9(13)14)10(15)12-5-6-18-7-8(12)19(2,16)17/h8H,3-7H2,1-2H3,(H,13,14). The van der Waals surface area contributed by atoms with E-state index >= 15 is 0 Å². The summed E-state index contributed by atoms with van der Waals surface area (Å²) >= 11 is 1.50. The molecule has 0 aliphatic carbocycles. The molecule has 0 saturated carbocycles. The molecule has 1 aliphatic heterocycles. The summed E-state index contributed by atoms with van der Waals surface area (Å²) in [5.41, 5.74) is 0. The van der Waals surface area contributed by atoms with Gasteiger partial charge in [0.2, 0.25) is 0 Å². The second-order valence-electron chi connectivity index (χ2n) is 4.40. The summed E-state index contributed by atoms with van der Waals surface area (Å²) in [5, 5.41) is 7.76. The van der Waals surface area contributed by atoms with Gasteiger partial charge in [0.15, 0.2) is 9.84 Å². The SMILES string of the molecule is CN(CCC(=O)O)C(=O)N1CCSCC1S(C)(=O)=O. The van der Waals surface area contributed by atoms with Gasteiger partial charge in [-0.05, 0) is 0 Å². The molecule has 1 aliphatic rings. The minimum absolute atomic E-state index is 0.0638. The molecule has 1 heterocycles. The van der Waals surface area contributed by atoms with Gasteiger partial charge in [-0.3, -0.25) is 4.79 Å². The summed E-state index contributed by atoms with van der Waals surface area (Å²) in [6, 6.07) is -0.433. The van der Waals surface area contributed by atoms with E-state index in [2.05, 4.69) is 0 Å². The summed E-state index contributed by atoms with van der Waals surface area (Å²) in [7, 11) is -1.87. The summed E-state index contributed by atoms with van der Waals surface area (Å²) in [4.78, 5) is 25.2. The number of aliphatic carboxylic acids is 1. The maximum Gasteiger partial charge on any atom is 0.320 e. The van der Waals surface area contributed by atoms with Gasteiger partial charge in [0.1, 0.15) is 5.37 Å². The van der Waals surface area contributed by atoms with Crippen molar-refractivity contribution < 1.29 is 23.1 Å². The number of amides is 2. The molecule has 1 saturated heterocycles. The van der Waals surface area contributed by atoms with Gasteiger partial charge in [-0.2, -0.15) is 11.8 Å². The predicted octanol–water partition coefficient (Wildman–Crippen LogP) is -0.0676. The number of carbonyl (C=O) groups excluding carboxylic acids is 1. The summed E-state index contributed by atoms with van der Waals surface area (Å²) < 4.78 is 23.3. The third-order valence-electron chi connectivity index (χ3n) is 2.81. The Morgan fingerprint density at radius 2 is 2.11 bits per heavy atom. The number of carboxylic acids is 1. The van der Waals surface area contributed by atoms with E-state index < -0.39 is 27.2 Å². The smallest absolute Gasteiger partial charge is 0.320 e. The fourth-order valence-corrected chi connectivity index (χ4v) is 4.54. The molecule has 0 radical (unpaired) electrons. The van der Waals surface area contributed by atoms with Crippen molar-refractivity contribution in [2.24, 2.45) is 0 Å². The lowest BCUT2D eigenvalue weighted by Crippen LogP contribution is -2.54. The topological polar surface area (TPSA) is 95.0 Å². The van der Waals surface area contributed by atoms with Crippen LogP contribution in [0.5, 0.6) is 0 Å². The van der Waals surface area contributed by atoms with E-state index in [0.717, 1.165) is 6.26 Å². The molecule has 0 aromatic carbocycles. The van der Waals surface area contributed by atoms with Crippen molar-refractivity contribution in [2.45, 2.75) is 11.8 Å². The summed E-state index contributed by atoms with van der Waals surface area (Å²) in [5.74, 6) is 0.0514. The molecule has 2 amide bonds. The number of carbonyl (C=O) groups is 2. The van der Waals surface area contributed by atoms with Crippen LogP contribution in [0.1, 0.15) is 6.42 Å². The average Bonchev–Trinajstić information content (AvgIpc) is 2.34. The highest BCUT2D eigenvalue weighted by atomic mass is 32.2. The minimum Gasteiger partial charge on any atom is -0.481 e. The number of urea groups is 1. The number of hydrogen-bond acceptors (Lipinski definition) is 5. The van der Waals surface area contributed by atoms with Crippen molar-refractivity contribution in [1.82, 2.24) is 9.80 Å². The zero-order valence-electron chi connectivity index (χ0n) is 10.9. The first-order valence-corrected chi connectivity index (χ1v) is 8.84. The number of thioether (sulfide) groups is 1. The van der Waals surface area contributed by atoms with Gasteiger partial charge in [-0.15, -0.1) is 0 Å². The van der Waals surface area contributed by atoms with E-state index in [4.69, 9.17) is 5.11 Å². The Hall–Kier alpha value is -0.960. The monoisotopic (exact) mass is 310 g/mol. The first-order valence-electron chi connectivity index (χ1n) is 5.73. The van der Waals surface area contributed by atoms with Crippen molar-refractivity contribution in [3.8, 4) is 0 Å². The Labute approximate surface area is 116 Å². The van der Waals surface area contributed by atoms with Crippen molar-refractivity contribution in [3.63, 3.8) is 0 Å². The highest BCUT2D eigenvalue weighted by Crippen LogP contribution is 2.21. The third-order valence-corrected chi connectivity index (χ3v) is 5.46. The van der Waals surface area contributed by atoms with E-state index in [1.807, 2.05) is 0 Å². The molecule has 19 heavy (non-hydrogen) atoms. The fourth-order valence-electron chi connectivity index (χ4n) is 1.73. The van der Waals surface area contributed by atoms with E-state index in [9.17, 15) is 18.0 Å². The van der Waals surface area contributed by atoms with Gasteiger partial charge in [0, 0.05) is 37.9 Å². The lowest BCUT2D eigenvalue weighted by atomic mass is 10.4. The molecule has 1 unspecified atom stereocenters. The van der Waals surface area contributed by atoms with Crippen LogP contribution in [0.2, 0.25) is 0 Å².